The summed E-state index contributed by atoms with van der Waals surface area (Å²) in [5.74, 6) is 0. The molecular weight excluding hydrogens is 250 g/mol. The molecule has 0 radical (unpaired) electrons. The van der Waals surface area contributed by atoms with Crippen molar-refractivity contribution in [1.82, 2.24) is 9.78 Å². The van der Waals surface area contributed by atoms with Crippen LogP contribution in [0.2, 0.25) is 0 Å². The number of aliphatic hydroxyl groups excluding tert-OH is 1. The Morgan fingerprint density at radius 1 is 1.35 bits per heavy atom. The average Bonchev–Trinajstić information content (AvgIpc) is 2.96. The van der Waals surface area contributed by atoms with Gasteiger partial charge < -0.3 is 10.0 Å². The molecule has 0 amide bonds. The molecule has 1 aromatic carbocycles. The van der Waals surface area contributed by atoms with Gasteiger partial charge in [0.2, 0.25) is 0 Å². The number of nitrogens with zero attached hydrogens (tertiary/aromatic N) is 3. The second-order valence-corrected chi connectivity index (χ2v) is 6.45. The van der Waals surface area contributed by atoms with E-state index in [-0.39, 0.29) is 5.41 Å². The molecule has 1 aromatic heterocycles. The van der Waals surface area contributed by atoms with E-state index >= 15 is 0 Å². The highest BCUT2D eigenvalue weighted by Gasteiger charge is 2.38. The fourth-order valence-corrected chi connectivity index (χ4v) is 3.01. The molecule has 0 saturated carbocycles. The van der Waals surface area contributed by atoms with Gasteiger partial charge in [0.25, 0.3) is 0 Å². The number of benzene rings is 1. The first-order chi connectivity index (χ1) is 9.40. The lowest BCUT2D eigenvalue weighted by atomic mass is 9.87. The number of hydrogen-bond acceptors (Lipinski definition) is 3. The first-order valence-corrected chi connectivity index (χ1v) is 6.92. The van der Waals surface area contributed by atoms with Crippen LogP contribution in [0.5, 0.6) is 0 Å². The number of fused-ring (bicyclic) bond motifs is 1. The van der Waals surface area contributed by atoms with E-state index in [1.165, 1.54) is 5.56 Å². The highest BCUT2D eigenvalue weighted by atomic mass is 16.3. The van der Waals surface area contributed by atoms with Crippen LogP contribution in [0, 0.1) is 5.41 Å². The van der Waals surface area contributed by atoms with Gasteiger partial charge in [-0.2, -0.15) is 5.10 Å². The molecule has 0 spiro atoms. The molecule has 2 aromatic rings. The normalized spacial score (nSPS) is 19.9. The Labute approximate surface area is 119 Å². The van der Waals surface area contributed by atoms with Crippen molar-refractivity contribution in [2.75, 3.05) is 19.0 Å². The lowest BCUT2D eigenvalue weighted by Gasteiger charge is -2.23. The fourth-order valence-electron chi connectivity index (χ4n) is 3.01. The quantitative estimate of drug-likeness (QED) is 0.912. The molecule has 0 unspecified atom stereocenters. The van der Waals surface area contributed by atoms with Crippen molar-refractivity contribution in [3.05, 3.63) is 41.7 Å². The van der Waals surface area contributed by atoms with E-state index in [4.69, 9.17) is 0 Å². The lowest BCUT2D eigenvalue weighted by Crippen LogP contribution is -2.17. The summed E-state index contributed by atoms with van der Waals surface area (Å²) in [6.45, 7) is 4.22. The van der Waals surface area contributed by atoms with Crippen molar-refractivity contribution < 1.29 is 5.11 Å². The third kappa shape index (κ3) is 1.91. The van der Waals surface area contributed by atoms with Crippen LogP contribution < -0.4 is 4.90 Å². The van der Waals surface area contributed by atoms with Crippen molar-refractivity contribution in [2.24, 2.45) is 5.41 Å². The largest absolute Gasteiger partial charge is 0.388 e. The Kier molecular flexibility index (Phi) is 2.87. The maximum Gasteiger partial charge on any atom is 0.0881 e. The average molecular weight is 271 g/mol. The smallest absolute Gasteiger partial charge is 0.0881 e. The molecule has 0 aliphatic heterocycles. The van der Waals surface area contributed by atoms with Gasteiger partial charge in [-0.25, -0.2) is 4.68 Å². The van der Waals surface area contributed by atoms with E-state index < -0.39 is 6.10 Å². The number of hydrogen-bond donors (Lipinski definition) is 1. The van der Waals surface area contributed by atoms with Gasteiger partial charge in [0.15, 0.2) is 0 Å². The van der Waals surface area contributed by atoms with Gasteiger partial charge in [0.05, 0.1) is 17.5 Å². The molecule has 0 bridgehead atoms. The van der Waals surface area contributed by atoms with Gasteiger partial charge in [0.1, 0.15) is 0 Å². The fraction of sp³-hybridized carbons (Fsp3) is 0.438. The summed E-state index contributed by atoms with van der Waals surface area (Å²) < 4.78 is 1.88. The van der Waals surface area contributed by atoms with Crippen molar-refractivity contribution in [3.63, 3.8) is 0 Å². The Bertz CT molecular complexity index is 629. The van der Waals surface area contributed by atoms with E-state index in [1.807, 2.05) is 31.0 Å². The minimum absolute atomic E-state index is 0.103. The Hall–Kier alpha value is -1.81. The summed E-state index contributed by atoms with van der Waals surface area (Å²) in [4.78, 5) is 2.06. The molecule has 1 aliphatic carbocycles. The second-order valence-electron chi connectivity index (χ2n) is 6.45. The number of anilines is 1. The third-order valence-electron chi connectivity index (χ3n) is 4.15. The summed E-state index contributed by atoms with van der Waals surface area (Å²) in [7, 11) is 4.03. The molecular formula is C16H21N3O. The van der Waals surface area contributed by atoms with Crippen molar-refractivity contribution in [1.29, 1.82) is 0 Å². The van der Waals surface area contributed by atoms with Crippen LogP contribution in [-0.4, -0.2) is 29.0 Å². The molecule has 0 saturated heterocycles. The molecule has 3 rings (SSSR count). The zero-order valence-corrected chi connectivity index (χ0v) is 12.5. The highest BCUT2D eigenvalue weighted by Crippen LogP contribution is 2.47. The number of rotatable bonds is 2. The second kappa shape index (κ2) is 4.35. The van der Waals surface area contributed by atoms with Gasteiger partial charge in [-0.15, -0.1) is 0 Å². The molecule has 4 nitrogen and oxygen atoms in total. The van der Waals surface area contributed by atoms with Crippen molar-refractivity contribution in [2.45, 2.75) is 26.4 Å². The minimum Gasteiger partial charge on any atom is -0.388 e. The zero-order chi connectivity index (χ0) is 14.5. The van der Waals surface area contributed by atoms with Gasteiger partial charge in [0, 0.05) is 26.5 Å². The van der Waals surface area contributed by atoms with Crippen LogP contribution in [0.3, 0.4) is 0 Å². The van der Waals surface area contributed by atoms with Crippen molar-refractivity contribution in [3.8, 4) is 5.69 Å². The van der Waals surface area contributed by atoms with Crippen LogP contribution in [0.1, 0.15) is 31.1 Å². The Morgan fingerprint density at radius 3 is 2.70 bits per heavy atom. The van der Waals surface area contributed by atoms with Gasteiger partial charge in [-0.3, -0.25) is 0 Å². The van der Waals surface area contributed by atoms with Crippen LogP contribution in [0.25, 0.3) is 5.69 Å². The molecule has 20 heavy (non-hydrogen) atoms. The predicted molar refractivity (Wildman–Crippen MR) is 80.3 cm³/mol. The summed E-state index contributed by atoms with van der Waals surface area (Å²) >= 11 is 0. The first-order valence-electron chi connectivity index (χ1n) is 6.92. The van der Waals surface area contributed by atoms with E-state index in [1.54, 1.807) is 6.20 Å². The van der Waals surface area contributed by atoms with Gasteiger partial charge >= 0.3 is 0 Å². The summed E-state index contributed by atoms with van der Waals surface area (Å²) in [6, 6.07) is 6.19. The Morgan fingerprint density at radius 2 is 2.10 bits per heavy atom. The predicted octanol–water partition coefficient (Wildman–Crippen LogP) is 2.55. The maximum absolute atomic E-state index is 10.5. The summed E-state index contributed by atoms with van der Waals surface area (Å²) in [5.41, 5.74) is 4.30. The topological polar surface area (TPSA) is 41.3 Å². The van der Waals surface area contributed by atoms with E-state index in [9.17, 15) is 5.11 Å². The standard InChI is InChI=1S/C16H21N3O/c1-16(2)10-11-8-14(19-7-5-6-17-19)13(18(3)4)9-12(11)15(16)20/h5-9,15,20H,10H2,1-4H3/t15-/m0/s1. The maximum atomic E-state index is 10.5. The molecule has 4 heteroatoms. The lowest BCUT2D eigenvalue weighted by molar-refractivity contribution is 0.0666. The monoisotopic (exact) mass is 271 g/mol. The van der Waals surface area contributed by atoms with E-state index in [0.29, 0.717) is 0 Å². The molecule has 0 fully saturated rings. The van der Waals surface area contributed by atoms with Crippen LogP contribution in [-0.2, 0) is 6.42 Å². The van der Waals surface area contributed by atoms with Crippen LogP contribution in [0.15, 0.2) is 30.6 Å². The molecule has 1 aliphatic rings. The van der Waals surface area contributed by atoms with Gasteiger partial charge in [-0.1, -0.05) is 13.8 Å². The van der Waals surface area contributed by atoms with E-state index in [2.05, 4.69) is 36.0 Å². The van der Waals surface area contributed by atoms with E-state index in [0.717, 1.165) is 23.4 Å². The minimum atomic E-state index is -0.400. The SMILES string of the molecule is CN(C)c1cc2c(cc1-n1cccn1)CC(C)(C)[C@H]2O. The Balaban J connectivity index is 2.19. The van der Waals surface area contributed by atoms with Crippen molar-refractivity contribution >= 4 is 5.69 Å². The molecule has 1 heterocycles. The number of aromatic nitrogens is 2. The summed E-state index contributed by atoms with van der Waals surface area (Å²) in [6.07, 6.45) is 4.23. The first kappa shape index (κ1) is 13.2. The molecule has 106 valence electrons. The number of aliphatic hydroxyl groups is 1. The zero-order valence-electron chi connectivity index (χ0n) is 12.5. The highest BCUT2D eigenvalue weighted by molar-refractivity contribution is 5.66. The third-order valence-corrected chi connectivity index (χ3v) is 4.15. The van der Waals surface area contributed by atoms with Gasteiger partial charge in [-0.05, 0) is 41.2 Å². The van der Waals surface area contributed by atoms with Crippen LogP contribution >= 0.6 is 0 Å². The summed E-state index contributed by atoms with van der Waals surface area (Å²) in [5, 5.41) is 14.8. The molecule has 1 N–H and O–H groups in total. The van der Waals surface area contributed by atoms with Crippen LogP contribution in [0.4, 0.5) is 5.69 Å². The molecule has 1 atom stereocenters.